The van der Waals surface area contributed by atoms with E-state index in [1.165, 1.54) is 12.8 Å². The SMILES string of the molecule is Cl.O=C1Nc2ccccc2C1C1CCN(C(=O)CCC2CCNCC2)CC1. The summed E-state index contributed by atoms with van der Waals surface area (Å²) in [5, 5.41) is 6.39. The molecular formula is C21H30ClN3O2. The van der Waals surface area contributed by atoms with E-state index in [2.05, 4.69) is 16.7 Å². The van der Waals surface area contributed by atoms with E-state index >= 15 is 0 Å². The minimum Gasteiger partial charge on any atom is -0.343 e. The smallest absolute Gasteiger partial charge is 0.232 e. The fraction of sp³-hybridized carbons (Fsp3) is 0.619. The van der Waals surface area contributed by atoms with E-state index in [1.807, 2.05) is 23.1 Å². The third-order valence-corrected chi connectivity index (χ3v) is 6.43. The highest BCUT2D eigenvalue weighted by Gasteiger charge is 2.38. The fourth-order valence-corrected chi connectivity index (χ4v) is 4.84. The van der Waals surface area contributed by atoms with Gasteiger partial charge in [0.15, 0.2) is 0 Å². The molecule has 3 aliphatic heterocycles. The van der Waals surface area contributed by atoms with Gasteiger partial charge in [-0.05, 0) is 68.7 Å². The quantitative estimate of drug-likeness (QED) is 0.828. The van der Waals surface area contributed by atoms with Crippen molar-refractivity contribution >= 4 is 29.9 Å². The van der Waals surface area contributed by atoms with E-state index in [0.29, 0.717) is 24.2 Å². The number of piperidine rings is 2. The number of halogens is 1. The summed E-state index contributed by atoms with van der Waals surface area (Å²) in [6.45, 7) is 3.77. The largest absolute Gasteiger partial charge is 0.343 e. The van der Waals surface area contributed by atoms with Crippen molar-refractivity contribution in [2.24, 2.45) is 11.8 Å². The Morgan fingerprint density at radius 1 is 1.07 bits per heavy atom. The first-order valence-corrected chi connectivity index (χ1v) is 10.1. The predicted molar refractivity (Wildman–Crippen MR) is 109 cm³/mol. The third kappa shape index (κ3) is 4.46. The zero-order valence-electron chi connectivity index (χ0n) is 15.8. The Labute approximate surface area is 167 Å². The molecule has 0 spiro atoms. The topological polar surface area (TPSA) is 61.4 Å². The molecule has 1 aromatic rings. The van der Waals surface area contributed by atoms with Gasteiger partial charge in [-0.25, -0.2) is 0 Å². The Hall–Kier alpha value is -1.59. The predicted octanol–water partition coefficient (Wildman–Crippen LogP) is 3.16. The Morgan fingerprint density at radius 3 is 2.52 bits per heavy atom. The first-order valence-electron chi connectivity index (χ1n) is 10.1. The van der Waals surface area contributed by atoms with E-state index < -0.39 is 0 Å². The molecule has 148 valence electrons. The minimum atomic E-state index is -0.0433. The molecule has 0 bridgehead atoms. The number of hydrogen-bond donors (Lipinski definition) is 2. The normalized spacial score (nSPS) is 23.5. The second-order valence-electron chi connectivity index (χ2n) is 8.00. The lowest BCUT2D eigenvalue weighted by molar-refractivity contribution is -0.133. The second-order valence-corrected chi connectivity index (χ2v) is 8.00. The number of anilines is 1. The monoisotopic (exact) mass is 391 g/mol. The van der Waals surface area contributed by atoms with Crippen LogP contribution in [0.2, 0.25) is 0 Å². The molecule has 27 heavy (non-hydrogen) atoms. The zero-order chi connectivity index (χ0) is 17.9. The van der Waals surface area contributed by atoms with Crippen LogP contribution in [0.5, 0.6) is 0 Å². The molecule has 1 atom stereocenters. The molecule has 0 aliphatic carbocycles. The molecule has 2 amide bonds. The Balaban J connectivity index is 0.00000210. The van der Waals surface area contributed by atoms with E-state index in [9.17, 15) is 9.59 Å². The summed E-state index contributed by atoms with van der Waals surface area (Å²) in [4.78, 5) is 27.0. The molecule has 2 N–H and O–H groups in total. The number of para-hydroxylation sites is 1. The van der Waals surface area contributed by atoms with Crippen LogP contribution in [0.4, 0.5) is 5.69 Å². The first-order chi connectivity index (χ1) is 12.7. The summed E-state index contributed by atoms with van der Waals surface area (Å²) in [6.07, 6.45) is 5.95. The van der Waals surface area contributed by atoms with Crippen molar-refractivity contribution in [3.8, 4) is 0 Å². The fourth-order valence-electron chi connectivity index (χ4n) is 4.84. The maximum absolute atomic E-state index is 12.6. The lowest BCUT2D eigenvalue weighted by Gasteiger charge is -2.34. The van der Waals surface area contributed by atoms with Crippen LogP contribution in [-0.2, 0) is 9.59 Å². The number of benzene rings is 1. The van der Waals surface area contributed by atoms with Crippen LogP contribution in [0.3, 0.4) is 0 Å². The zero-order valence-corrected chi connectivity index (χ0v) is 16.6. The molecule has 3 heterocycles. The van der Waals surface area contributed by atoms with Gasteiger partial charge >= 0.3 is 0 Å². The van der Waals surface area contributed by atoms with Crippen LogP contribution in [0, 0.1) is 11.8 Å². The van der Waals surface area contributed by atoms with Crippen molar-refractivity contribution in [2.45, 2.75) is 44.4 Å². The van der Waals surface area contributed by atoms with Crippen LogP contribution in [-0.4, -0.2) is 42.9 Å². The average molecular weight is 392 g/mol. The van der Waals surface area contributed by atoms with Crippen LogP contribution < -0.4 is 10.6 Å². The molecule has 0 saturated carbocycles. The van der Waals surface area contributed by atoms with Gasteiger partial charge in [-0.3, -0.25) is 9.59 Å². The lowest BCUT2D eigenvalue weighted by Crippen LogP contribution is -2.40. The maximum atomic E-state index is 12.6. The van der Waals surface area contributed by atoms with Gasteiger partial charge < -0.3 is 15.5 Å². The molecule has 3 aliphatic rings. The highest BCUT2D eigenvalue weighted by Crippen LogP contribution is 2.41. The molecule has 0 radical (unpaired) electrons. The Kier molecular flexibility index (Phi) is 6.77. The number of hydrogen-bond acceptors (Lipinski definition) is 3. The van der Waals surface area contributed by atoms with E-state index in [4.69, 9.17) is 0 Å². The third-order valence-electron chi connectivity index (χ3n) is 6.43. The highest BCUT2D eigenvalue weighted by molar-refractivity contribution is 6.03. The lowest BCUT2D eigenvalue weighted by atomic mass is 9.80. The van der Waals surface area contributed by atoms with Gasteiger partial charge in [0.05, 0.1) is 5.92 Å². The highest BCUT2D eigenvalue weighted by atomic mass is 35.5. The van der Waals surface area contributed by atoms with E-state index in [1.54, 1.807) is 0 Å². The molecule has 4 rings (SSSR count). The Morgan fingerprint density at radius 2 is 1.78 bits per heavy atom. The summed E-state index contributed by atoms with van der Waals surface area (Å²) in [7, 11) is 0. The van der Waals surface area contributed by atoms with Crippen LogP contribution in [0.25, 0.3) is 0 Å². The minimum absolute atomic E-state index is 0. The summed E-state index contributed by atoms with van der Waals surface area (Å²) in [6, 6.07) is 8.01. The molecule has 1 unspecified atom stereocenters. The Bertz CT molecular complexity index is 667. The molecule has 0 aromatic heterocycles. The van der Waals surface area contributed by atoms with Crippen LogP contribution in [0.1, 0.15) is 50.0 Å². The summed E-state index contributed by atoms with van der Waals surface area (Å²) in [5.74, 6) is 1.43. The van der Waals surface area contributed by atoms with Crippen LogP contribution in [0.15, 0.2) is 24.3 Å². The average Bonchev–Trinajstić information content (AvgIpc) is 3.03. The van der Waals surface area contributed by atoms with E-state index in [0.717, 1.165) is 56.7 Å². The van der Waals surface area contributed by atoms with Crippen LogP contribution >= 0.6 is 12.4 Å². The standard InChI is InChI=1S/C21H29N3O2.ClH/c25-19(6-5-15-7-11-22-12-8-15)24-13-9-16(10-14-24)20-17-3-1-2-4-18(17)23-21(20)26;/h1-4,15-16,20,22H,5-14H2,(H,23,26);1H. The number of likely N-dealkylation sites (tertiary alicyclic amines) is 1. The number of amides is 2. The molecule has 6 heteroatoms. The van der Waals surface area contributed by atoms with Gasteiger partial charge in [0.25, 0.3) is 0 Å². The van der Waals surface area contributed by atoms with Gasteiger partial charge in [0.1, 0.15) is 0 Å². The summed E-state index contributed by atoms with van der Waals surface area (Å²) >= 11 is 0. The van der Waals surface area contributed by atoms with Crippen molar-refractivity contribution in [3.05, 3.63) is 29.8 Å². The van der Waals surface area contributed by atoms with Crippen molar-refractivity contribution < 1.29 is 9.59 Å². The van der Waals surface area contributed by atoms with E-state index in [-0.39, 0.29) is 24.2 Å². The number of carbonyl (C=O) groups excluding carboxylic acids is 2. The summed E-state index contributed by atoms with van der Waals surface area (Å²) < 4.78 is 0. The first kappa shape index (κ1) is 20.2. The van der Waals surface area contributed by atoms with Crippen molar-refractivity contribution in [1.29, 1.82) is 0 Å². The number of nitrogens with zero attached hydrogens (tertiary/aromatic N) is 1. The number of carbonyl (C=O) groups is 2. The van der Waals surface area contributed by atoms with Gasteiger partial charge in [-0.15, -0.1) is 12.4 Å². The molecule has 1 aromatic carbocycles. The maximum Gasteiger partial charge on any atom is 0.232 e. The van der Waals surface area contributed by atoms with Gasteiger partial charge in [-0.2, -0.15) is 0 Å². The van der Waals surface area contributed by atoms with Crippen molar-refractivity contribution in [1.82, 2.24) is 10.2 Å². The molecule has 5 nitrogen and oxygen atoms in total. The van der Waals surface area contributed by atoms with Gasteiger partial charge in [-0.1, -0.05) is 18.2 Å². The number of nitrogens with one attached hydrogen (secondary N) is 2. The number of fused-ring (bicyclic) bond motifs is 1. The second kappa shape index (κ2) is 9.07. The summed E-state index contributed by atoms with van der Waals surface area (Å²) in [5.41, 5.74) is 2.09. The van der Waals surface area contributed by atoms with Gasteiger partial charge in [0, 0.05) is 25.2 Å². The van der Waals surface area contributed by atoms with Crippen molar-refractivity contribution in [2.75, 3.05) is 31.5 Å². The van der Waals surface area contributed by atoms with Crippen molar-refractivity contribution in [3.63, 3.8) is 0 Å². The number of rotatable bonds is 4. The molecule has 2 fully saturated rings. The molecule has 2 saturated heterocycles. The van der Waals surface area contributed by atoms with Gasteiger partial charge in [0.2, 0.25) is 11.8 Å². The molecular weight excluding hydrogens is 362 g/mol.